The lowest BCUT2D eigenvalue weighted by molar-refractivity contribution is -0.119. The molecule has 2 amide bonds. The van der Waals surface area contributed by atoms with Crippen LogP contribution in [-0.2, 0) is 10.5 Å². The van der Waals surface area contributed by atoms with Crippen LogP contribution in [0.25, 0.3) is 0 Å². The van der Waals surface area contributed by atoms with Crippen LogP contribution in [0.5, 0.6) is 11.5 Å². The summed E-state index contributed by atoms with van der Waals surface area (Å²) < 4.78 is 11.4. The summed E-state index contributed by atoms with van der Waals surface area (Å²) in [6.07, 6.45) is 0. The maximum absolute atomic E-state index is 13.7. The molecule has 0 bridgehead atoms. The van der Waals surface area contributed by atoms with Crippen molar-refractivity contribution in [1.29, 1.82) is 0 Å². The standard InChI is InChI=1S/C23H17N3O4/c27-21-15-8-4-5-9-17(15)25-23(26(21)14-6-2-1-3-7-14)16-12-19-20(30-11-10-29-19)13-18(16)24-22(23)28/h1-9,12-13,25H,10-11H2,(H,24,28)/t23-/m0/s1. The van der Waals surface area contributed by atoms with Crippen LogP contribution < -0.4 is 25.0 Å². The van der Waals surface area contributed by atoms with Crippen LogP contribution in [0, 0.1) is 0 Å². The van der Waals surface area contributed by atoms with Crippen LogP contribution >= 0.6 is 0 Å². The van der Waals surface area contributed by atoms with Crippen molar-refractivity contribution in [3.8, 4) is 11.5 Å². The number of ether oxygens (including phenoxy) is 2. The molecule has 0 aliphatic carbocycles. The van der Waals surface area contributed by atoms with Crippen molar-refractivity contribution >= 4 is 28.9 Å². The fourth-order valence-corrected chi connectivity index (χ4v) is 4.36. The van der Waals surface area contributed by atoms with Gasteiger partial charge in [0.2, 0.25) is 5.66 Å². The third-order valence-corrected chi connectivity index (χ3v) is 5.67. The minimum absolute atomic E-state index is 0.256. The van der Waals surface area contributed by atoms with E-state index < -0.39 is 5.66 Å². The van der Waals surface area contributed by atoms with Gasteiger partial charge in [-0.25, -0.2) is 0 Å². The molecule has 7 nitrogen and oxygen atoms in total. The fraction of sp³-hybridized carbons (Fsp3) is 0.130. The second-order valence-electron chi connectivity index (χ2n) is 7.35. The number of hydrogen-bond acceptors (Lipinski definition) is 5. The second kappa shape index (κ2) is 6.00. The van der Waals surface area contributed by atoms with Gasteiger partial charge in [0.25, 0.3) is 11.8 Å². The molecule has 2 N–H and O–H groups in total. The zero-order chi connectivity index (χ0) is 20.3. The van der Waals surface area contributed by atoms with Gasteiger partial charge in [-0.15, -0.1) is 0 Å². The van der Waals surface area contributed by atoms with E-state index in [1.54, 1.807) is 24.3 Å². The van der Waals surface area contributed by atoms with Crippen LogP contribution in [0.3, 0.4) is 0 Å². The molecule has 3 heterocycles. The van der Waals surface area contributed by atoms with Crippen LogP contribution in [0.4, 0.5) is 17.1 Å². The first kappa shape index (κ1) is 16.9. The molecule has 30 heavy (non-hydrogen) atoms. The Morgan fingerprint density at radius 2 is 1.53 bits per heavy atom. The van der Waals surface area contributed by atoms with Crippen LogP contribution in [-0.4, -0.2) is 25.0 Å². The molecular formula is C23H17N3O4. The van der Waals surface area contributed by atoms with Crippen molar-refractivity contribution in [2.24, 2.45) is 0 Å². The minimum atomic E-state index is -1.45. The van der Waals surface area contributed by atoms with Gasteiger partial charge in [-0.1, -0.05) is 30.3 Å². The van der Waals surface area contributed by atoms with E-state index in [2.05, 4.69) is 10.6 Å². The highest BCUT2D eigenvalue weighted by Crippen LogP contribution is 2.50. The molecule has 1 spiro atoms. The molecule has 3 aliphatic heterocycles. The predicted octanol–water partition coefficient (Wildman–Crippen LogP) is 3.34. The number of amides is 2. The quantitative estimate of drug-likeness (QED) is 0.656. The summed E-state index contributed by atoms with van der Waals surface area (Å²) in [6.45, 7) is 0.878. The molecule has 148 valence electrons. The Kier molecular flexibility index (Phi) is 3.38. The number of carbonyl (C=O) groups is 2. The van der Waals surface area contributed by atoms with Crippen molar-refractivity contribution in [1.82, 2.24) is 0 Å². The molecule has 3 aliphatic rings. The third-order valence-electron chi connectivity index (χ3n) is 5.67. The summed E-state index contributed by atoms with van der Waals surface area (Å²) in [6, 6.07) is 19.9. The maximum Gasteiger partial charge on any atom is 0.276 e. The Hall–Kier alpha value is -4.00. The van der Waals surface area contributed by atoms with E-state index in [0.29, 0.717) is 52.9 Å². The molecule has 0 fully saturated rings. The summed E-state index contributed by atoms with van der Waals surface area (Å²) in [5, 5.41) is 6.29. The van der Waals surface area contributed by atoms with Gasteiger partial charge in [-0.3, -0.25) is 14.5 Å². The Balaban J connectivity index is 1.63. The topological polar surface area (TPSA) is 79.9 Å². The molecule has 0 aromatic heterocycles. The monoisotopic (exact) mass is 399 g/mol. The van der Waals surface area contributed by atoms with Gasteiger partial charge in [-0.05, 0) is 30.3 Å². The second-order valence-corrected chi connectivity index (χ2v) is 7.35. The van der Waals surface area contributed by atoms with Gasteiger partial charge in [0.05, 0.1) is 11.3 Å². The number of hydrogen-bond donors (Lipinski definition) is 2. The third kappa shape index (κ3) is 2.14. The number of anilines is 3. The lowest BCUT2D eigenvalue weighted by Crippen LogP contribution is -2.61. The number of para-hydroxylation sites is 2. The van der Waals surface area contributed by atoms with E-state index in [1.807, 2.05) is 42.5 Å². The molecule has 6 rings (SSSR count). The highest BCUT2D eigenvalue weighted by Gasteiger charge is 2.57. The molecule has 0 saturated heterocycles. The zero-order valence-corrected chi connectivity index (χ0v) is 15.8. The summed E-state index contributed by atoms with van der Waals surface area (Å²) >= 11 is 0. The van der Waals surface area contributed by atoms with Crippen molar-refractivity contribution in [2.45, 2.75) is 5.66 Å². The van der Waals surface area contributed by atoms with E-state index in [0.717, 1.165) is 0 Å². The molecule has 0 radical (unpaired) electrons. The highest BCUT2D eigenvalue weighted by molar-refractivity contribution is 6.22. The van der Waals surface area contributed by atoms with Crippen LogP contribution in [0.15, 0.2) is 66.7 Å². The van der Waals surface area contributed by atoms with Crippen molar-refractivity contribution in [3.63, 3.8) is 0 Å². The highest BCUT2D eigenvalue weighted by atomic mass is 16.6. The number of nitrogens with zero attached hydrogens (tertiary/aromatic N) is 1. The van der Waals surface area contributed by atoms with Gasteiger partial charge >= 0.3 is 0 Å². The van der Waals surface area contributed by atoms with Gasteiger partial charge in [-0.2, -0.15) is 0 Å². The van der Waals surface area contributed by atoms with E-state index in [-0.39, 0.29) is 11.8 Å². The van der Waals surface area contributed by atoms with E-state index in [4.69, 9.17) is 9.47 Å². The zero-order valence-electron chi connectivity index (χ0n) is 15.8. The number of benzene rings is 3. The first-order valence-corrected chi connectivity index (χ1v) is 9.71. The normalized spacial score (nSPS) is 21.0. The Bertz CT molecular complexity index is 1210. The average molecular weight is 399 g/mol. The van der Waals surface area contributed by atoms with Crippen LogP contribution in [0.1, 0.15) is 15.9 Å². The van der Waals surface area contributed by atoms with Gasteiger partial charge in [0.1, 0.15) is 13.2 Å². The molecule has 1 atom stereocenters. The number of fused-ring (bicyclic) bond motifs is 4. The minimum Gasteiger partial charge on any atom is -0.486 e. The van der Waals surface area contributed by atoms with Gasteiger partial charge in [0, 0.05) is 23.0 Å². The van der Waals surface area contributed by atoms with Crippen molar-refractivity contribution < 1.29 is 19.1 Å². The van der Waals surface area contributed by atoms with Gasteiger partial charge < -0.3 is 20.1 Å². The Labute approximate surface area is 172 Å². The molecule has 7 heteroatoms. The number of carbonyl (C=O) groups excluding carboxylic acids is 2. The number of rotatable bonds is 1. The summed E-state index contributed by atoms with van der Waals surface area (Å²) in [4.78, 5) is 28.7. The smallest absolute Gasteiger partial charge is 0.276 e. The lowest BCUT2D eigenvalue weighted by Gasteiger charge is -2.44. The molecule has 3 aromatic rings. The summed E-state index contributed by atoms with van der Waals surface area (Å²) in [5.74, 6) is 0.531. The van der Waals surface area contributed by atoms with Gasteiger partial charge in [0.15, 0.2) is 11.5 Å². The molecule has 0 unspecified atom stereocenters. The molecule has 0 saturated carbocycles. The molecular weight excluding hydrogens is 382 g/mol. The Morgan fingerprint density at radius 3 is 2.33 bits per heavy atom. The van der Waals surface area contributed by atoms with E-state index in [9.17, 15) is 9.59 Å². The fourth-order valence-electron chi connectivity index (χ4n) is 4.36. The molecule has 3 aromatic carbocycles. The maximum atomic E-state index is 13.7. The van der Waals surface area contributed by atoms with Crippen LogP contribution in [0.2, 0.25) is 0 Å². The first-order chi connectivity index (χ1) is 14.7. The van der Waals surface area contributed by atoms with E-state index >= 15 is 0 Å². The number of nitrogens with one attached hydrogen (secondary N) is 2. The Morgan fingerprint density at radius 1 is 0.833 bits per heavy atom. The largest absolute Gasteiger partial charge is 0.486 e. The summed E-state index contributed by atoms with van der Waals surface area (Å²) in [5.41, 5.74) is 1.48. The first-order valence-electron chi connectivity index (χ1n) is 9.71. The predicted molar refractivity (Wildman–Crippen MR) is 111 cm³/mol. The van der Waals surface area contributed by atoms with Crippen molar-refractivity contribution in [2.75, 3.05) is 28.7 Å². The van der Waals surface area contributed by atoms with Crippen molar-refractivity contribution in [3.05, 3.63) is 77.9 Å². The van der Waals surface area contributed by atoms with E-state index in [1.165, 1.54) is 4.90 Å². The average Bonchev–Trinajstić information content (AvgIpc) is 3.03. The summed E-state index contributed by atoms with van der Waals surface area (Å²) in [7, 11) is 0. The lowest BCUT2D eigenvalue weighted by atomic mass is 9.92. The SMILES string of the molecule is O=C1c2ccccc2N[C@]2(C(=O)Nc3cc4c(cc32)OCCO4)N1c1ccccc1.